The minimum Gasteiger partial charge on any atom is -0.397 e. The molecule has 27 heavy (non-hydrogen) atoms. The molecule has 0 spiro atoms. The van der Waals surface area contributed by atoms with Crippen LogP contribution in [0.1, 0.15) is 37.5 Å². The highest BCUT2D eigenvalue weighted by Gasteiger charge is 2.28. The summed E-state index contributed by atoms with van der Waals surface area (Å²) in [6.45, 7) is 8.43. The van der Waals surface area contributed by atoms with Crippen LogP contribution in [0, 0.1) is 17.3 Å². The van der Waals surface area contributed by atoms with Crippen molar-refractivity contribution in [2.24, 2.45) is 17.0 Å². The zero-order valence-corrected chi connectivity index (χ0v) is 16.7. The molecule has 1 heterocycles. The van der Waals surface area contributed by atoms with Crippen LogP contribution in [-0.2, 0) is 20.6 Å². The Kier molecular flexibility index (Phi) is 7.69. The highest BCUT2D eigenvalue weighted by molar-refractivity contribution is 5.66. The smallest absolute Gasteiger partial charge is 0.176 e. The van der Waals surface area contributed by atoms with Crippen LogP contribution in [0.3, 0.4) is 0 Å². The lowest BCUT2D eigenvalue weighted by molar-refractivity contribution is -0.225. The third kappa shape index (κ3) is 6.56. The maximum atomic E-state index is 6.29. The van der Waals surface area contributed by atoms with Crippen molar-refractivity contribution in [3.8, 4) is 11.8 Å². The van der Waals surface area contributed by atoms with Crippen molar-refractivity contribution in [3.63, 3.8) is 0 Å². The second-order valence-electron chi connectivity index (χ2n) is 7.46. The Morgan fingerprint density at radius 2 is 2.07 bits per heavy atom. The number of aryl methyl sites for hydroxylation is 1. The SMILES string of the molecule is CCc1cc(C#CCOC)ccc1/C(N)=C/N(N)CC1OCC(C)(C)CO1. The van der Waals surface area contributed by atoms with Crippen LogP contribution in [0.15, 0.2) is 24.4 Å². The Hall–Kier alpha value is -2.04. The van der Waals surface area contributed by atoms with E-state index in [0.717, 1.165) is 23.1 Å². The van der Waals surface area contributed by atoms with Crippen LogP contribution in [0.4, 0.5) is 0 Å². The number of ether oxygens (including phenoxy) is 3. The molecule has 1 aromatic carbocycles. The first-order chi connectivity index (χ1) is 12.8. The molecule has 0 radical (unpaired) electrons. The quantitative estimate of drug-likeness (QED) is 0.451. The summed E-state index contributed by atoms with van der Waals surface area (Å²) in [5.41, 5.74) is 9.94. The fourth-order valence-electron chi connectivity index (χ4n) is 2.76. The van der Waals surface area contributed by atoms with E-state index in [9.17, 15) is 0 Å². The van der Waals surface area contributed by atoms with Gasteiger partial charge in [-0.25, -0.2) is 5.84 Å². The van der Waals surface area contributed by atoms with E-state index in [1.54, 1.807) is 13.3 Å². The maximum absolute atomic E-state index is 6.29. The molecule has 1 aliphatic heterocycles. The molecule has 1 saturated heterocycles. The largest absolute Gasteiger partial charge is 0.397 e. The van der Waals surface area contributed by atoms with E-state index in [1.807, 2.05) is 12.1 Å². The molecule has 148 valence electrons. The standard InChI is InChI=1S/C21H31N3O3/c1-5-17-11-16(7-6-10-25-4)8-9-18(17)19(22)12-24(23)13-20-26-14-21(2,3)15-27-20/h8-9,11-12,20H,5,10,13-15,22-23H2,1-4H3/b19-12-. The van der Waals surface area contributed by atoms with Crippen molar-refractivity contribution >= 4 is 5.70 Å². The maximum Gasteiger partial charge on any atom is 0.176 e. The molecule has 1 fully saturated rings. The molecule has 0 amide bonds. The van der Waals surface area contributed by atoms with Gasteiger partial charge in [0.1, 0.15) is 6.61 Å². The molecular formula is C21H31N3O3. The number of nitrogens with zero attached hydrogens (tertiary/aromatic N) is 1. The van der Waals surface area contributed by atoms with Gasteiger partial charge in [0.05, 0.1) is 25.5 Å². The van der Waals surface area contributed by atoms with E-state index < -0.39 is 0 Å². The first-order valence-corrected chi connectivity index (χ1v) is 9.17. The van der Waals surface area contributed by atoms with Gasteiger partial charge in [0.2, 0.25) is 0 Å². The number of rotatable bonds is 6. The third-order valence-corrected chi connectivity index (χ3v) is 4.23. The fraction of sp³-hybridized carbons (Fsp3) is 0.524. The normalized spacial score (nSPS) is 17.3. The van der Waals surface area contributed by atoms with E-state index in [0.29, 0.717) is 32.1 Å². The Balaban J connectivity index is 2.05. The number of hydrazine groups is 1. The third-order valence-electron chi connectivity index (χ3n) is 4.23. The number of nitrogens with two attached hydrogens (primary N) is 2. The van der Waals surface area contributed by atoms with E-state index in [-0.39, 0.29) is 11.7 Å². The van der Waals surface area contributed by atoms with Gasteiger partial charge in [-0.3, -0.25) is 0 Å². The monoisotopic (exact) mass is 373 g/mol. The van der Waals surface area contributed by atoms with E-state index in [4.69, 9.17) is 25.8 Å². The van der Waals surface area contributed by atoms with Crippen molar-refractivity contribution < 1.29 is 14.2 Å². The molecular weight excluding hydrogens is 342 g/mol. The summed E-state index contributed by atoms with van der Waals surface area (Å²) < 4.78 is 16.4. The van der Waals surface area contributed by atoms with Crippen molar-refractivity contribution in [1.29, 1.82) is 0 Å². The summed E-state index contributed by atoms with van der Waals surface area (Å²) in [6, 6.07) is 5.98. The number of hydrogen-bond donors (Lipinski definition) is 2. The molecule has 0 aromatic heterocycles. The van der Waals surface area contributed by atoms with Gasteiger partial charge < -0.3 is 25.0 Å². The van der Waals surface area contributed by atoms with Gasteiger partial charge in [-0.15, -0.1) is 0 Å². The van der Waals surface area contributed by atoms with Gasteiger partial charge in [0.25, 0.3) is 0 Å². The molecule has 0 bridgehead atoms. The van der Waals surface area contributed by atoms with E-state index >= 15 is 0 Å². The van der Waals surface area contributed by atoms with Crippen LogP contribution in [0.25, 0.3) is 5.70 Å². The van der Waals surface area contributed by atoms with Crippen LogP contribution in [0.5, 0.6) is 0 Å². The average Bonchev–Trinajstić information content (AvgIpc) is 2.63. The van der Waals surface area contributed by atoms with Gasteiger partial charge in [0.15, 0.2) is 6.29 Å². The summed E-state index contributed by atoms with van der Waals surface area (Å²) in [5.74, 6) is 12.1. The van der Waals surface area contributed by atoms with Gasteiger partial charge in [-0.1, -0.05) is 38.7 Å². The van der Waals surface area contributed by atoms with Crippen molar-refractivity contribution in [1.82, 2.24) is 5.01 Å². The predicted octanol–water partition coefficient (Wildman–Crippen LogP) is 2.08. The lowest BCUT2D eigenvalue weighted by atomic mass is 9.96. The van der Waals surface area contributed by atoms with E-state index in [2.05, 4.69) is 38.7 Å². The second-order valence-corrected chi connectivity index (χ2v) is 7.46. The zero-order valence-electron chi connectivity index (χ0n) is 16.7. The number of hydrogen-bond acceptors (Lipinski definition) is 6. The fourth-order valence-corrected chi connectivity index (χ4v) is 2.76. The van der Waals surface area contributed by atoms with Crippen LogP contribution >= 0.6 is 0 Å². The van der Waals surface area contributed by atoms with Crippen LogP contribution in [-0.4, -0.2) is 44.8 Å². The van der Waals surface area contributed by atoms with Gasteiger partial charge in [-0.2, -0.15) is 0 Å². The topological polar surface area (TPSA) is 83.0 Å². The molecule has 1 aliphatic rings. The molecule has 0 unspecified atom stereocenters. The molecule has 6 nitrogen and oxygen atoms in total. The molecule has 4 N–H and O–H groups in total. The molecule has 6 heteroatoms. The minimum absolute atomic E-state index is 0.0364. The van der Waals surface area contributed by atoms with Crippen molar-refractivity contribution in [2.45, 2.75) is 33.5 Å². The summed E-state index contributed by atoms with van der Waals surface area (Å²) in [7, 11) is 1.63. The predicted molar refractivity (Wildman–Crippen MR) is 107 cm³/mol. The summed E-state index contributed by atoms with van der Waals surface area (Å²) in [5, 5.41) is 1.52. The molecule has 0 saturated carbocycles. The lowest BCUT2D eigenvalue weighted by Crippen LogP contribution is -2.44. The highest BCUT2D eigenvalue weighted by Crippen LogP contribution is 2.23. The molecule has 0 atom stereocenters. The minimum atomic E-state index is -0.351. The first-order valence-electron chi connectivity index (χ1n) is 9.17. The summed E-state index contributed by atoms with van der Waals surface area (Å²) in [6.07, 6.45) is 2.21. The second kappa shape index (κ2) is 9.77. The summed E-state index contributed by atoms with van der Waals surface area (Å²) >= 11 is 0. The van der Waals surface area contributed by atoms with Crippen LogP contribution in [0.2, 0.25) is 0 Å². The Morgan fingerprint density at radius 3 is 2.70 bits per heavy atom. The molecule has 0 aliphatic carbocycles. The number of benzene rings is 1. The average molecular weight is 373 g/mol. The van der Waals surface area contributed by atoms with Gasteiger partial charge in [-0.05, 0) is 24.1 Å². The number of methoxy groups -OCH3 is 1. The van der Waals surface area contributed by atoms with Crippen LogP contribution < -0.4 is 11.6 Å². The molecule has 2 rings (SSSR count). The Morgan fingerprint density at radius 1 is 1.37 bits per heavy atom. The molecule has 1 aromatic rings. The summed E-state index contributed by atoms with van der Waals surface area (Å²) in [4.78, 5) is 0. The van der Waals surface area contributed by atoms with Gasteiger partial charge in [0, 0.05) is 29.9 Å². The first kappa shape index (κ1) is 21.3. The Bertz CT molecular complexity index is 709. The van der Waals surface area contributed by atoms with Crippen molar-refractivity contribution in [3.05, 3.63) is 41.1 Å². The highest BCUT2D eigenvalue weighted by atomic mass is 16.7. The Labute approximate surface area is 162 Å². The van der Waals surface area contributed by atoms with E-state index in [1.165, 1.54) is 5.01 Å². The van der Waals surface area contributed by atoms with Gasteiger partial charge >= 0.3 is 0 Å². The lowest BCUT2D eigenvalue weighted by Gasteiger charge is -2.35. The zero-order chi connectivity index (χ0) is 19.9. The van der Waals surface area contributed by atoms with Crippen molar-refractivity contribution in [2.75, 3.05) is 33.5 Å².